The normalized spacial score (nSPS) is 10.6. The van der Waals surface area contributed by atoms with Crippen LogP contribution in [0.5, 0.6) is 0 Å². The minimum atomic E-state index is 0.693. The number of aryl methyl sites for hydroxylation is 1. The fourth-order valence-electron chi connectivity index (χ4n) is 1.91. The van der Waals surface area contributed by atoms with E-state index in [2.05, 4.69) is 15.3 Å². The molecule has 0 unspecified atom stereocenters. The molecule has 0 fully saturated rings. The summed E-state index contributed by atoms with van der Waals surface area (Å²) in [6.45, 7) is 0.693. The molecule has 0 aliphatic carbocycles. The number of hydrogen-bond acceptors (Lipinski definition) is 3. The summed E-state index contributed by atoms with van der Waals surface area (Å²) in [6.07, 6.45) is 7.47. The second kappa shape index (κ2) is 4.97. The summed E-state index contributed by atoms with van der Waals surface area (Å²) >= 11 is 0. The van der Waals surface area contributed by atoms with E-state index >= 15 is 0 Å². The third-order valence-electron chi connectivity index (χ3n) is 2.98. The Morgan fingerprint density at radius 2 is 1.84 bits per heavy atom. The fourth-order valence-corrected chi connectivity index (χ4v) is 1.91. The van der Waals surface area contributed by atoms with Crippen LogP contribution in [0, 0.1) is 0 Å². The molecule has 0 saturated heterocycles. The molecule has 3 aromatic rings. The number of nitrogens with one attached hydrogen (secondary N) is 1. The van der Waals surface area contributed by atoms with E-state index in [0.717, 1.165) is 17.5 Å². The van der Waals surface area contributed by atoms with Crippen LogP contribution >= 0.6 is 0 Å². The maximum absolute atomic E-state index is 4.34. The highest BCUT2D eigenvalue weighted by molar-refractivity contribution is 5.53. The van der Waals surface area contributed by atoms with Crippen LogP contribution in [-0.4, -0.2) is 19.1 Å². The van der Waals surface area contributed by atoms with Crippen molar-refractivity contribution in [2.45, 2.75) is 6.54 Å². The SMILES string of the molecule is Cn1ccnc1Cn1ccnc1Nc1ccccc1. The van der Waals surface area contributed by atoms with Gasteiger partial charge in [-0.05, 0) is 12.1 Å². The number of aromatic nitrogens is 4. The standard InChI is InChI=1S/C14H15N5/c1-18-9-7-15-13(18)11-19-10-8-16-14(19)17-12-5-3-2-4-6-12/h2-10H,11H2,1H3,(H,16,17). The van der Waals surface area contributed by atoms with Crippen LogP contribution in [-0.2, 0) is 13.6 Å². The van der Waals surface area contributed by atoms with Crippen LogP contribution in [0.25, 0.3) is 0 Å². The second-order valence-corrected chi connectivity index (χ2v) is 4.32. The van der Waals surface area contributed by atoms with E-state index in [1.54, 1.807) is 12.4 Å². The number of hydrogen-bond donors (Lipinski definition) is 1. The average molecular weight is 253 g/mol. The molecule has 0 radical (unpaired) electrons. The predicted molar refractivity (Wildman–Crippen MR) is 74.3 cm³/mol. The fraction of sp³-hybridized carbons (Fsp3) is 0.143. The zero-order chi connectivity index (χ0) is 13.1. The molecule has 0 saturated carbocycles. The highest BCUT2D eigenvalue weighted by Gasteiger charge is 2.06. The summed E-state index contributed by atoms with van der Waals surface area (Å²) < 4.78 is 4.04. The molecule has 0 aliphatic rings. The van der Waals surface area contributed by atoms with E-state index in [-0.39, 0.29) is 0 Å². The molecular weight excluding hydrogens is 238 g/mol. The van der Waals surface area contributed by atoms with Gasteiger partial charge in [0, 0.05) is 37.5 Å². The van der Waals surface area contributed by atoms with Crippen LogP contribution in [0.3, 0.4) is 0 Å². The number of benzene rings is 1. The Bertz CT molecular complexity index is 653. The lowest BCUT2D eigenvalue weighted by Crippen LogP contribution is -2.08. The number of imidazole rings is 2. The molecule has 1 aromatic carbocycles. The minimum absolute atomic E-state index is 0.693. The van der Waals surface area contributed by atoms with Gasteiger partial charge in [-0.3, -0.25) is 0 Å². The molecule has 0 bridgehead atoms. The molecule has 5 nitrogen and oxygen atoms in total. The Hall–Kier alpha value is -2.56. The highest BCUT2D eigenvalue weighted by Crippen LogP contribution is 2.15. The predicted octanol–water partition coefficient (Wildman–Crippen LogP) is 2.41. The van der Waals surface area contributed by atoms with Gasteiger partial charge in [0.2, 0.25) is 5.95 Å². The summed E-state index contributed by atoms with van der Waals surface area (Å²) in [5.74, 6) is 1.81. The first-order valence-corrected chi connectivity index (χ1v) is 6.12. The Kier molecular flexibility index (Phi) is 3.02. The smallest absolute Gasteiger partial charge is 0.207 e. The van der Waals surface area contributed by atoms with E-state index in [1.165, 1.54) is 0 Å². The van der Waals surface area contributed by atoms with Gasteiger partial charge in [0.15, 0.2) is 0 Å². The monoisotopic (exact) mass is 253 g/mol. The largest absolute Gasteiger partial charge is 0.337 e. The maximum Gasteiger partial charge on any atom is 0.207 e. The lowest BCUT2D eigenvalue weighted by atomic mass is 10.3. The molecule has 19 heavy (non-hydrogen) atoms. The van der Waals surface area contributed by atoms with Gasteiger partial charge >= 0.3 is 0 Å². The molecule has 2 aromatic heterocycles. The van der Waals surface area contributed by atoms with Gasteiger partial charge in [-0.2, -0.15) is 0 Å². The first-order valence-electron chi connectivity index (χ1n) is 6.12. The molecule has 0 aliphatic heterocycles. The van der Waals surface area contributed by atoms with Crippen LogP contribution in [0.2, 0.25) is 0 Å². The van der Waals surface area contributed by atoms with Crippen molar-refractivity contribution in [1.29, 1.82) is 0 Å². The van der Waals surface area contributed by atoms with Gasteiger partial charge in [-0.25, -0.2) is 9.97 Å². The van der Waals surface area contributed by atoms with Gasteiger partial charge in [-0.1, -0.05) is 18.2 Å². The van der Waals surface area contributed by atoms with Crippen molar-refractivity contribution < 1.29 is 0 Å². The molecule has 5 heteroatoms. The van der Waals surface area contributed by atoms with Crippen molar-refractivity contribution in [3.05, 3.63) is 60.9 Å². The number of para-hydroxylation sites is 1. The molecule has 96 valence electrons. The van der Waals surface area contributed by atoms with Crippen LogP contribution in [0.1, 0.15) is 5.82 Å². The Morgan fingerprint density at radius 3 is 2.58 bits per heavy atom. The molecule has 0 atom stereocenters. The van der Waals surface area contributed by atoms with Gasteiger partial charge < -0.3 is 14.5 Å². The molecule has 0 spiro atoms. The molecular formula is C14H15N5. The second-order valence-electron chi connectivity index (χ2n) is 4.32. The summed E-state index contributed by atoms with van der Waals surface area (Å²) in [6, 6.07) is 10.0. The van der Waals surface area contributed by atoms with Crippen molar-refractivity contribution >= 4 is 11.6 Å². The lowest BCUT2D eigenvalue weighted by molar-refractivity contribution is 0.705. The Morgan fingerprint density at radius 1 is 1.05 bits per heavy atom. The van der Waals surface area contributed by atoms with Crippen LogP contribution < -0.4 is 5.32 Å². The third kappa shape index (κ3) is 2.49. The van der Waals surface area contributed by atoms with Crippen molar-refractivity contribution in [2.24, 2.45) is 7.05 Å². The molecule has 3 rings (SSSR count). The quantitative estimate of drug-likeness (QED) is 0.776. The van der Waals surface area contributed by atoms with Crippen molar-refractivity contribution in [1.82, 2.24) is 19.1 Å². The number of rotatable bonds is 4. The zero-order valence-corrected chi connectivity index (χ0v) is 10.7. The third-order valence-corrected chi connectivity index (χ3v) is 2.98. The average Bonchev–Trinajstić information content (AvgIpc) is 3.02. The van der Waals surface area contributed by atoms with E-state index in [0.29, 0.717) is 6.54 Å². The van der Waals surface area contributed by atoms with Gasteiger partial charge in [0.05, 0.1) is 6.54 Å². The van der Waals surface area contributed by atoms with E-state index in [1.807, 2.05) is 58.9 Å². The maximum atomic E-state index is 4.34. The Labute approximate surface area is 111 Å². The van der Waals surface area contributed by atoms with Crippen LogP contribution in [0.15, 0.2) is 55.1 Å². The first kappa shape index (κ1) is 11.5. The first-order chi connectivity index (χ1) is 9.33. The van der Waals surface area contributed by atoms with Crippen molar-refractivity contribution in [2.75, 3.05) is 5.32 Å². The van der Waals surface area contributed by atoms with Crippen LogP contribution in [0.4, 0.5) is 11.6 Å². The summed E-state index contributed by atoms with van der Waals surface area (Å²) in [5, 5.41) is 3.30. The molecule has 2 heterocycles. The van der Waals surface area contributed by atoms with E-state index in [9.17, 15) is 0 Å². The van der Waals surface area contributed by atoms with E-state index in [4.69, 9.17) is 0 Å². The summed E-state index contributed by atoms with van der Waals surface area (Å²) in [7, 11) is 1.99. The van der Waals surface area contributed by atoms with E-state index < -0.39 is 0 Å². The zero-order valence-electron chi connectivity index (χ0n) is 10.7. The molecule has 0 amide bonds. The molecule has 1 N–H and O–H groups in total. The summed E-state index contributed by atoms with van der Waals surface area (Å²) in [5.41, 5.74) is 1.02. The van der Waals surface area contributed by atoms with Crippen molar-refractivity contribution in [3.63, 3.8) is 0 Å². The van der Waals surface area contributed by atoms with Gasteiger partial charge in [0.1, 0.15) is 5.82 Å². The Balaban J connectivity index is 1.81. The lowest BCUT2D eigenvalue weighted by Gasteiger charge is -2.09. The number of anilines is 2. The summed E-state index contributed by atoms with van der Waals surface area (Å²) in [4.78, 5) is 8.66. The van der Waals surface area contributed by atoms with Gasteiger partial charge in [-0.15, -0.1) is 0 Å². The minimum Gasteiger partial charge on any atom is -0.337 e. The topological polar surface area (TPSA) is 47.7 Å². The van der Waals surface area contributed by atoms with Gasteiger partial charge in [0.25, 0.3) is 0 Å². The highest BCUT2D eigenvalue weighted by atomic mass is 15.2. The number of nitrogens with zero attached hydrogens (tertiary/aromatic N) is 4. The van der Waals surface area contributed by atoms with Crippen molar-refractivity contribution in [3.8, 4) is 0 Å².